The van der Waals surface area contributed by atoms with Gasteiger partial charge in [-0.2, -0.15) is 0 Å². The highest BCUT2D eigenvalue weighted by Crippen LogP contribution is 2.46. The zero-order valence-electron chi connectivity index (χ0n) is 23.9. The van der Waals surface area contributed by atoms with E-state index in [9.17, 15) is 19.2 Å². The first-order chi connectivity index (χ1) is 19.6. The molecule has 0 aromatic heterocycles. The smallest absolute Gasteiger partial charge is 0.303 e. The number of esters is 4. The summed E-state index contributed by atoms with van der Waals surface area (Å²) in [6.07, 6.45) is -3.30. The van der Waals surface area contributed by atoms with Gasteiger partial charge < -0.3 is 23.7 Å². The van der Waals surface area contributed by atoms with Crippen LogP contribution in [0.2, 0.25) is 0 Å². The van der Waals surface area contributed by atoms with E-state index < -0.39 is 54.4 Å². The third kappa shape index (κ3) is 7.48. The zero-order chi connectivity index (χ0) is 29.7. The van der Waals surface area contributed by atoms with Gasteiger partial charge in [0.25, 0.3) is 0 Å². The van der Waals surface area contributed by atoms with Crippen molar-refractivity contribution in [3.05, 3.63) is 64.7 Å². The van der Waals surface area contributed by atoms with E-state index in [0.29, 0.717) is 5.56 Å². The molecule has 4 rings (SSSR count). The van der Waals surface area contributed by atoms with E-state index in [4.69, 9.17) is 23.7 Å². The first-order valence-corrected chi connectivity index (χ1v) is 14.7. The van der Waals surface area contributed by atoms with E-state index in [-0.39, 0.29) is 12.5 Å². The second-order valence-electron chi connectivity index (χ2n) is 10.3. The summed E-state index contributed by atoms with van der Waals surface area (Å²) >= 11 is 1.77. The largest absolute Gasteiger partial charge is 0.463 e. The van der Waals surface area contributed by atoms with Crippen LogP contribution in [0.3, 0.4) is 0 Å². The number of hydrogen-bond acceptors (Lipinski definition) is 10. The highest BCUT2D eigenvalue weighted by atomic mass is 32.2. The number of carbonyl (C=O) groups excluding carboxylic acids is 4. The fourth-order valence-corrected chi connectivity index (χ4v) is 6.64. The molecule has 220 valence electrons. The SMILES string of the molecule is CCCc1ccc([C@@H]2CSc3ccc(C4OC(COC(C)=O)C(OC(C)=O)C(OC(C)=O)C4OC(C)=O)cc32)cc1. The summed E-state index contributed by atoms with van der Waals surface area (Å²) in [7, 11) is 0. The van der Waals surface area contributed by atoms with E-state index >= 15 is 0 Å². The first kappa shape index (κ1) is 30.6. The molecule has 2 aromatic rings. The molecule has 1 fully saturated rings. The van der Waals surface area contributed by atoms with Crippen LogP contribution >= 0.6 is 11.8 Å². The van der Waals surface area contributed by atoms with E-state index in [1.807, 2.05) is 18.2 Å². The average molecular weight is 585 g/mol. The number of aryl methyl sites for hydroxylation is 1. The molecule has 1 saturated heterocycles. The van der Waals surface area contributed by atoms with E-state index in [1.54, 1.807) is 11.8 Å². The lowest BCUT2D eigenvalue weighted by Gasteiger charge is -2.44. The Morgan fingerprint density at radius 2 is 1.41 bits per heavy atom. The third-order valence-electron chi connectivity index (χ3n) is 7.05. The van der Waals surface area contributed by atoms with Crippen molar-refractivity contribution in [1.29, 1.82) is 0 Å². The second kappa shape index (κ2) is 13.5. The van der Waals surface area contributed by atoms with Crippen molar-refractivity contribution in [3.63, 3.8) is 0 Å². The Bertz CT molecular complexity index is 1270. The van der Waals surface area contributed by atoms with Crippen molar-refractivity contribution < 1.29 is 42.9 Å². The van der Waals surface area contributed by atoms with Crippen LogP contribution in [0.25, 0.3) is 0 Å². The van der Waals surface area contributed by atoms with Crippen LogP contribution in [-0.4, -0.2) is 60.7 Å². The molecule has 10 heteroatoms. The van der Waals surface area contributed by atoms with Gasteiger partial charge in [-0.05, 0) is 34.7 Å². The monoisotopic (exact) mass is 584 g/mol. The number of rotatable bonds is 9. The topological polar surface area (TPSA) is 114 Å². The molecule has 2 aliphatic rings. The van der Waals surface area contributed by atoms with Gasteiger partial charge >= 0.3 is 23.9 Å². The van der Waals surface area contributed by atoms with E-state index in [0.717, 1.165) is 29.1 Å². The van der Waals surface area contributed by atoms with Gasteiger partial charge in [-0.25, -0.2) is 0 Å². The number of thioether (sulfide) groups is 1. The summed E-state index contributed by atoms with van der Waals surface area (Å²) in [4.78, 5) is 49.2. The Morgan fingerprint density at radius 1 is 0.805 bits per heavy atom. The summed E-state index contributed by atoms with van der Waals surface area (Å²) in [5.41, 5.74) is 4.31. The van der Waals surface area contributed by atoms with Gasteiger partial charge in [0, 0.05) is 44.3 Å². The maximum Gasteiger partial charge on any atom is 0.303 e. The van der Waals surface area contributed by atoms with E-state index in [1.165, 1.54) is 38.8 Å². The molecule has 0 aliphatic carbocycles. The van der Waals surface area contributed by atoms with Gasteiger partial charge in [-0.3, -0.25) is 19.2 Å². The van der Waals surface area contributed by atoms with Gasteiger partial charge in [0.1, 0.15) is 18.8 Å². The Balaban J connectivity index is 1.74. The van der Waals surface area contributed by atoms with Crippen LogP contribution in [0.4, 0.5) is 0 Å². The van der Waals surface area contributed by atoms with Gasteiger partial charge in [0.15, 0.2) is 18.3 Å². The fraction of sp³-hybridized carbons (Fsp3) is 0.484. The highest BCUT2D eigenvalue weighted by molar-refractivity contribution is 7.99. The van der Waals surface area contributed by atoms with Crippen LogP contribution in [0.1, 0.15) is 75.3 Å². The number of carbonyl (C=O) groups is 4. The van der Waals surface area contributed by atoms with Crippen LogP contribution in [0.15, 0.2) is 47.4 Å². The molecule has 5 unspecified atom stereocenters. The maximum atomic E-state index is 12.2. The van der Waals surface area contributed by atoms with E-state index in [2.05, 4.69) is 31.2 Å². The van der Waals surface area contributed by atoms with Crippen molar-refractivity contribution in [1.82, 2.24) is 0 Å². The summed E-state index contributed by atoms with van der Waals surface area (Å²) in [6, 6.07) is 14.6. The molecular formula is C31H36O9S. The zero-order valence-corrected chi connectivity index (χ0v) is 24.7. The standard InChI is InChI=1S/C31H36O9S/c1-6-7-21-8-10-22(11-9-21)25-16-41-27-13-12-23(14-24(25)27)28-30(38-19(4)34)31(39-20(5)35)29(37-18(3)33)26(40-28)15-36-17(2)32/h8-14,25-26,28-31H,6-7,15-16H2,1-5H3/t25-,26?,28?,29?,30?,31?/m0/s1. The van der Waals surface area contributed by atoms with Crippen LogP contribution < -0.4 is 0 Å². The average Bonchev–Trinajstić information content (AvgIpc) is 3.33. The summed E-state index contributed by atoms with van der Waals surface area (Å²) in [5, 5.41) is 0. The number of ether oxygens (including phenoxy) is 5. The first-order valence-electron chi connectivity index (χ1n) is 13.7. The predicted octanol–water partition coefficient (Wildman–Crippen LogP) is 4.67. The molecule has 9 nitrogen and oxygen atoms in total. The minimum absolute atomic E-state index is 0.149. The molecule has 0 saturated carbocycles. The molecule has 0 N–H and O–H groups in total. The molecular weight excluding hydrogens is 548 g/mol. The fourth-order valence-electron chi connectivity index (χ4n) is 5.39. The van der Waals surface area contributed by atoms with Crippen molar-refractivity contribution in [3.8, 4) is 0 Å². The Kier molecular flexibility index (Phi) is 10.1. The Labute approximate surface area is 244 Å². The summed E-state index contributed by atoms with van der Waals surface area (Å²) in [5.74, 6) is -1.47. The molecule has 41 heavy (non-hydrogen) atoms. The second-order valence-corrected chi connectivity index (χ2v) is 11.3. The van der Waals surface area contributed by atoms with Crippen molar-refractivity contribution >= 4 is 35.6 Å². The molecule has 0 spiro atoms. The van der Waals surface area contributed by atoms with Crippen LogP contribution in [0.5, 0.6) is 0 Å². The maximum absolute atomic E-state index is 12.2. The Morgan fingerprint density at radius 3 is 2.02 bits per heavy atom. The normalized spacial score (nSPS) is 25.1. The lowest BCUT2D eigenvalue weighted by atomic mass is 9.87. The van der Waals surface area contributed by atoms with Crippen LogP contribution in [-0.2, 0) is 49.3 Å². The lowest BCUT2D eigenvalue weighted by molar-refractivity contribution is -0.254. The van der Waals surface area contributed by atoms with Crippen LogP contribution in [0, 0.1) is 0 Å². The number of fused-ring (bicyclic) bond motifs is 1. The quantitative estimate of drug-likeness (QED) is 0.304. The lowest BCUT2D eigenvalue weighted by Crippen LogP contribution is -2.59. The Hall–Kier alpha value is -3.37. The van der Waals surface area contributed by atoms with Gasteiger partial charge in [-0.1, -0.05) is 49.7 Å². The van der Waals surface area contributed by atoms with Gasteiger partial charge in [0.2, 0.25) is 0 Å². The summed E-state index contributed by atoms with van der Waals surface area (Å²) in [6.45, 7) is 6.80. The molecule has 6 atom stereocenters. The molecule has 0 bridgehead atoms. The third-order valence-corrected chi connectivity index (χ3v) is 8.24. The number of hydrogen-bond donors (Lipinski definition) is 0. The highest BCUT2D eigenvalue weighted by Gasteiger charge is 2.52. The van der Waals surface area contributed by atoms with Crippen molar-refractivity contribution in [2.75, 3.05) is 12.4 Å². The molecule has 0 amide bonds. The minimum Gasteiger partial charge on any atom is -0.463 e. The number of benzene rings is 2. The predicted molar refractivity (Wildman–Crippen MR) is 150 cm³/mol. The van der Waals surface area contributed by atoms with Crippen molar-refractivity contribution in [2.45, 2.75) is 88.8 Å². The summed E-state index contributed by atoms with van der Waals surface area (Å²) < 4.78 is 28.4. The molecule has 2 heterocycles. The molecule has 2 aliphatic heterocycles. The van der Waals surface area contributed by atoms with Crippen molar-refractivity contribution in [2.24, 2.45) is 0 Å². The van der Waals surface area contributed by atoms with Gasteiger partial charge in [0.05, 0.1) is 0 Å². The molecule has 2 aromatic carbocycles. The van der Waals surface area contributed by atoms with Gasteiger partial charge in [-0.15, -0.1) is 11.8 Å². The molecule has 0 radical (unpaired) electrons. The minimum atomic E-state index is -1.20.